The number of likely N-dealkylation sites (N-methyl/N-ethyl adjacent to an activating group) is 1. The molecule has 11 nitrogen and oxygen atoms in total. The second-order valence-electron chi connectivity index (χ2n) is 8.19. The van der Waals surface area contributed by atoms with Gasteiger partial charge in [0.2, 0.25) is 5.91 Å². The van der Waals surface area contributed by atoms with E-state index in [9.17, 15) is 18.6 Å². The summed E-state index contributed by atoms with van der Waals surface area (Å²) in [6.07, 6.45) is 6.10. The van der Waals surface area contributed by atoms with Crippen LogP contribution in [-0.4, -0.2) is 67.4 Å². The molecule has 0 bridgehead atoms. The van der Waals surface area contributed by atoms with Crippen molar-refractivity contribution in [2.75, 3.05) is 36.6 Å². The molecule has 0 fully saturated rings. The maximum atomic E-state index is 12.3. The van der Waals surface area contributed by atoms with E-state index in [1.807, 2.05) is 41.8 Å². The molecule has 0 spiro atoms. The number of pyridine rings is 1. The van der Waals surface area contributed by atoms with E-state index >= 15 is 0 Å². The minimum Gasteiger partial charge on any atom is -0.480 e. The van der Waals surface area contributed by atoms with Gasteiger partial charge in [-0.15, -0.1) is 11.3 Å². The molecule has 3 N–H and O–H groups in total. The Balaban J connectivity index is 1.39. The van der Waals surface area contributed by atoms with Gasteiger partial charge < -0.3 is 20.6 Å². The van der Waals surface area contributed by atoms with Crippen LogP contribution < -0.4 is 15.5 Å². The van der Waals surface area contributed by atoms with Crippen LogP contribution in [0.25, 0.3) is 22.4 Å². The van der Waals surface area contributed by atoms with Crippen LogP contribution in [0.15, 0.2) is 66.4 Å². The Bertz CT molecular complexity index is 1520. The van der Waals surface area contributed by atoms with Crippen LogP contribution in [-0.2, 0) is 20.6 Å². The molecule has 0 aliphatic carbocycles. The summed E-state index contributed by atoms with van der Waals surface area (Å²) in [5, 5.41) is 16.5. The van der Waals surface area contributed by atoms with Crippen LogP contribution in [0.1, 0.15) is 10.4 Å². The highest BCUT2D eigenvalue weighted by Crippen LogP contribution is 2.29. The number of hydrogen-bond acceptors (Lipinski definition) is 8. The zero-order valence-electron chi connectivity index (χ0n) is 20.5. The van der Waals surface area contributed by atoms with Crippen molar-refractivity contribution in [1.29, 1.82) is 0 Å². The molecular weight excluding hydrogens is 528 g/mol. The Kier molecular flexibility index (Phi) is 8.28. The normalized spacial score (nSPS) is 11.5. The van der Waals surface area contributed by atoms with Gasteiger partial charge >= 0.3 is 5.97 Å². The standard InChI is InChI=1S/C25H24N6O5S2/c1-30(14-23(33)34)21-11-17(6-8-26-21)16-4-3-5-18(10-16)20-15-37-25(28-20)29-22(32)12-27-24(35)19-7-9-31(13-19)38(2)36/h3-11,13,15H,12,14H2,1-2H3,(H,27,35)(H,33,34)(H,28,29,32). The molecule has 38 heavy (non-hydrogen) atoms. The summed E-state index contributed by atoms with van der Waals surface area (Å²) in [5.74, 6) is -1.28. The highest BCUT2D eigenvalue weighted by atomic mass is 32.2. The molecular formula is C25H24N6O5S2. The van der Waals surface area contributed by atoms with Gasteiger partial charge in [-0.3, -0.25) is 18.4 Å². The summed E-state index contributed by atoms with van der Waals surface area (Å²) in [7, 11) is 0.397. The van der Waals surface area contributed by atoms with Crippen molar-refractivity contribution in [1.82, 2.24) is 19.3 Å². The highest BCUT2D eigenvalue weighted by Gasteiger charge is 2.13. The summed E-state index contributed by atoms with van der Waals surface area (Å²) in [6, 6.07) is 12.9. The highest BCUT2D eigenvalue weighted by molar-refractivity contribution is 7.82. The first kappa shape index (κ1) is 26.7. The predicted molar refractivity (Wildman–Crippen MR) is 147 cm³/mol. The van der Waals surface area contributed by atoms with E-state index in [1.165, 1.54) is 40.0 Å². The van der Waals surface area contributed by atoms with E-state index in [-0.39, 0.29) is 13.1 Å². The molecule has 4 rings (SSSR count). The number of amides is 2. The smallest absolute Gasteiger partial charge is 0.323 e. The van der Waals surface area contributed by atoms with Crippen LogP contribution in [0, 0.1) is 0 Å². The van der Waals surface area contributed by atoms with Crippen molar-refractivity contribution in [3.05, 3.63) is 72.0 Å². The molecule has 0 radical (unpaired) electrons. The molecule has 0 aliphatic rings. The number of nitrogens with zero attached hydrogens (tertiary/aromatic N) is 4. The summed E-state index contributed by atoms with van der Waals surface area (Å²) in [5.41, 5.74) is 3.58. The van der Waals surface area contributed by atoms with Gasteiger partial charge in [-0.25, -0.2) is 14.2 Å². The fourth-order valence-electron chi connectivity index (χ4n) is 3.51. The first-order valence-corrected chi connectivity index (χ1v) is 13.6. The van der Waals surface area contributed by atoms with Crippen LogP contribution in [0.2, 0.25) is 0 Å². The van der Waals surface area contributed by atoms with Crippen LogP contribution in [0.5, 0.6) is 0 Å². The molecule has 1 atom stereocenters. The van der Waals surface area contributed by atoms with E-state index < -0.39 is 28.8 Å². The third kappa shape index (κ3) is 6.69. The lowest BCUT2D eigenvalue weighted by Crippen LogP contribution is -2.32. The monoisotopic (exact) mass is 552 g/mol. The van der Waals surface area contributed by atoms with Crippen molar-refractivity contribution in [2.24, 2.45) is 0 Å². The quantitative estimate of drug-likeness (QED) is 0.272. The molecule has 3 aromatic heterocycles. The second kappa shape index (κ2) is 11.8. The summed E-state index contributed by atoms with van der Waals surface area (Å²) < 4.78 is 12.9. The van der Waals surface area contributed by atoms with Gasteiger partial charge in [-0.1, -0.05) is 18.2 Å². The number of carbonyl (C=O) groups excluding carboxylic acids is 2. The minimum absolute atomic E-state index is 0.165. The van der Waals surface area contributed by atoms with Gasteiger partial charge in [0.05, 0.1) is 17.8 Å². The van der Waals surface area contributed by atoms with Crippen LogP contribution in [0.3, 0.4) is 0 Å². The molecule has 4 aromatic rings. The molecule has 0 saturated heterocycles. The van der Waals surface area contributed by atoms with Gasteiger partial charge in [-0.2, -0.15) is 0 Å². The van der Waals surface area contributed by atoms with Crippen molar-refractivity contribution in [3.8, 4) is 22.4 Å². The number of carboxylic acid groups (broad SMARTS) is 1. The largest absolute Gasteiger partial charge is 0.480 e. The first-order chi connectivity index (χ1) is 18.2. The Morgan fingerprint density at radius 3 is 2.63 bits per heavy atom. The topological polar surface area (TPSA) is 147 Å². The van der Waals surface area contributed by atoms with Crippen molar-refractivity contribution >= 4 is 51.1 Å². The minimum atomic E-state index is -1.27. The zero-order valence-corrected chi connectivity index (χ0v) is 22.1. The molecule has 0 aliphatic heterocycles. The molecule has 196 valence electrons. The van der Waals surface area contributed by atoms with Gasteiger partial charge in [0.15, 0.2) is 5.13 Å². The number of carboxylic acids is 1. The Morgan fingerprint density at radius 1 is 1.13 bits per heavy atom. The maximum Gasteiger partial charge on any atom is 0.323 e. The molecule has 1 unspecified atom stereocenters. The SMILES string of the molecule is CN(CC(=O)O)c1cc(-c2cccc(-c3csc(NC(=O)CNC(=O)c4ccn(S(C)=O)c4)n3)c2)ccn1. The molecule has 13 heteroatoms. The van der Waals surface area contributed by atoms with Gasteiger partial charge in [0.1, 0.15) is 23.3 Å². The number of aliphatic carboxylic acids is 1. The number of anilines is 2. The third-order valence-corrected chi connectivity index (χ3v) is 6.97. The average molecular weight is 553 g/mol. The number of nitrogens with one attached hydrogen (secondary N) is 2. The Hall–Kier alpha value is -4.36. The second-order valence-corrected chi connectivity index (χ2v) is 10.3. The van der Waals surface area contributed by atoms with E-state index in [1.54, 1.807) is 18.1 Å². The summed E-state index contributed by atoms with van der Waals surface area (Å²) >= 11 is 1.26. The lowest BCUT2D eigenvalue weighted by atomic mass is 10.0. The van der Waals surface area contributed by atoms with E-state index in [0.717, 1.165) is 16.7 Å². The van der Waals surface area contributed by atoms with Crippen LogP contribution >= 0.6 is 11.3 Å². The zero-order chi connectivity index (χ0) is 27.2. The average Bonchev–Trinajstić information content (AvgIpc) is 3.58. The Morgan fingerprint density at radius 2 is 1.89 bits per heavy atom. The Labute approximate surface area is 224 Å². The lowest BCUT2D eigenvalue weighted by molar-refractivity contribution is -0.135. The number of aromatic nitrogens is 3. The number of benzene rings is 1. The van der Waals surface area contributed by atoms with Gasteiger partial charge in [-0.05, 0) is 35.4 Å². The molecule has 1 aromatic carbocycles. The molecule has 2 amide bonds. The summed E-state index contributed by atoms with van der Waals surface area (Å²) in [6.45, 7) is -0.410. The number of carbonyl (C=O) groups is 3. The number of thiazole rings is 1. The van der Waals surface area contributed by atoms with Crippen molar-refractivity contribution in [2.45, 2.75) is 0 Å². The lowest BCUT2D eigenvalue weighted by Gasteiger charge is -2.16. The van der Waals surface area contributed by atoms with Crippen molar-refractivity contribution in [3.63, 3.8) is 0 Å². The van der Waals surface area contributed by atoms with Crippen molar-refractivity contribution < 1.29 is 23.7 Å². The molecule has 0 saturated carbocycles. The van der Waals surface area contributed by atoms with Gasteiger partial charge in [0.25, 0.3) is 5.91 Å². The molecule has 3 heterocycles. The fourth-order valence-corrected chi connectivity index (χ4v) is 4.74. The predicted octanol–water partition coefficient (Wildman–Crippen LogP) is 2.70. The van der Waals surface area contributed by atoms with E-state index in [4.69, 9.17) is 5.11 Å². The maximum absolute atomic E-state index is 12.3. The van der Waals surface area contributed by atoms with Gasteiger partial charge in [0, 0.05) is 42.8 Å². The number of rotatable bonds is 10. The van der Waals surface area contributed by atoms with E-state index in [0.29, 0.717) is 22.2 Å². The third-order valence-electron chi connectivity index (χ3n) is 5.39. The van der Waals surface area contributed by atoms with E-state index in [2.05, 4.69) is 20.6 Å². The first-order valence-electron chi connectivity index (χ1n) is 11.2. The van der Waals surface area contributed by atoms with Crippen LogP contribution in [0.4, 0.5) is 10.9 Å². The summed E-state index contributed by atoms with van der Waals surface area (Å²) in [4.78, 5) is 45.9. The fraction of sp³-hybridized carbons (Fsp3) is 0.160. The number of hydrogen-bond donors (Lipinski definition) is 3.